The van der Waals surface area contributed by atoms with Crippen molar-refractivity contribution in [3.8, 4) is 5.75 Å². The minimum absolute atomic E-state index is 0.00126. The average Bonchev–Trinajstić information content (AvgIpc) is 3.32. The van der Waals surface area contributed by atoms with Crippen LogP contribution in [0.25, 0.3) is 0 Å². The van der Waals surface area contributed by atoms with E-state index in [1.165, 1.54) is 29.7 Å². The monoisotopic (exact) mass is 387 g/mol. The molecule has 2 heterocycles. The van der Waals surface area contributed by atoms with Gasteiger partial charge in [-0.2, -0.15) is 0 Å². The number of carbonyl (C=O) groups excluding carboxylic acids is 1. The van der Waals surface area contributed by atoms with Crippen molar-refractivity contribution in [1.29, 1.82) is 0 Å². The van der Waals surface area contributed by atoms with E-state index in [0.717, 1.165) is 29.5 Å². The predicted molar refractivity (Wildman–Crippen MR) is 109 cm³/mol. The smallest absolute Gasteiger partial charge is 0.226 e. The van der Waals surface area contributed by atoms with E-state index < -0.39 is 0 Å². The molecule has 3 rings (SSSR count). The fraction of sp³-hybridized carbons (Fsp3) is 0.524. The third-order valence-corrected chi connectivity index (χ3v) is 5.88. The number of nitrogens with zero attached hydrogens (tertiary/aromatic N) is 2. The Morgan fingerprint density at radius 2 is 1.96 bits per heavy atom. The highest BCUT2D eigenvalue weighted by Crippen LogP contribution is 2.20. The van der Waals surface area contributed by atoms with Gasteiger partial charge in [-0.3, -0.25) is 9.69 Å². The van der Waals surface area contributed by atoms with Crippen molar-refractivity contribution in [3.63, 3.8) is 0 Å². The molecule has 27 heavy (non-hydrogen) atoms. The maximum atomic E-state index is 12.3. The van der Waals surface area contributed by atoms with Crippen LogP contribution in [0.1, 0.15) is 43.0 Å². The van der Waals surface area contributed by atoms with Gasteiger partial charge in [0.1, 0.15) is 17.4 Å². The zero-order chi connectivity index (χ0) is 19.3. The number of ether oxygens (including phenoxy) is 1. The molecule has 0 saturated carbocycles. The van der Waals surface area contributed by atoms with Gasteiger partial charge >= 0.3 is 0 Å². The Labute approximate surface area is 165 Å². The molecule has 1 aliphatic heterocycles. The van der Waals surface area contributed by atoms with Crippen molar-refractivity contribution in [1.82, 2.24) is 15.2 Å². The van der Waals surface area contributed by atoms with Crippen molar-refractivity contribution in [2.24, 2.45) is 0 Å². The zero-order valence-electron chi connectivity index (χ0n) is 16.5. The van der Waals surface area contributed by atoms with Crippen LogP contribution in [0.2, 0.25) is 0 Å². The number of hydrogen-bond donors (Lipinski definition) is 1. The summed E-state index contributed by atoms with van der Waals surface area (Å²) in [5.41, 5.74) is 2.01. The van der Waals surface area contributed by atoms with Gasteiger partial charge in [0, 0.05) is 17.5 Å². The van der Waals surface area contributed by atoms with E-state index in [-0.39, 0.29) is 11.4 Å². The quantitative estimate of drug-likeness (QED) is 0.752. The molecule has 1 saturated heterocycles. The largest absolute Gasteiger partial charge is 0.486 e. The number of amides is 1. The van der Waals surface area contributed by atoms with Gasteiger partial charge in [-0.25, -0.2) is 4.98 Å². The first-order valence-electron chi connectivity index (χ1n) is 9.57. The van der Waals surface area contributed by atoms with Crippen molar-refractivity contribution in [3.05, 3.63) is 45.9 Å². The summed E-state index contributed by atoms with van der Waals surface area (Å²) in [6.45, 7) is 9.79. The summed E-state index contributed by atoms with van der Waals surface area (Å²) in [5.74, 6) is 0.859. The Balaban J connectivity index is 1.44. The van der Waals surface area contributed by atoms with Gasteiger partial charge in [0.2, 0.25) is 5.91 Å². The second kappa shape index (κ2) is 8.85. The summed E-state index contributed by atoms with van der Waals surface area (Å²) >= 11 is 1.53. The molecule has 6 heteroatoms. The van der Waals surface area contributed by atoms with E-state index in [0.29, 0.717) is 19.6 Å². The standard InChI is InChI=1S/C21H29N3O2S/c1-16-6-8-18(9-7-16)26-13-20-23-17(14-27-20)12-19(25)22-15-21(2,3)24-10-4-5-11-24/h6-9,14H,4-5,10-13,15H2,1-3H3,(H,22,25). The predicted octanol–water partition coefficient (Wildman–Crippen LogP) is 3.56. The molecule has 0 aliphatic carbocycles. The highest BCUT2D eigenvalue weighted by Gasteiger charge is 2.29. The third-order valence-electron chi connectivity index (χ3n) is 5.00. The summed E-state index contributed by atoms with van der Waals surface area (Å²) in [5, 5.41) is 5.90. The maximum Gasteiger partial charge on any atom is 0.226 e. The first-order chi connectivity index (χ1) is 12.9. The summed E-state index contributed by atoms with van der Waals surface area (Å²) in [6.07, 6.45) is 2.82. The van der Waals surface area contributed by atoms with Crippen LogP contribution in [-0.2, 0) is 17.8 Å². The molecule has 1 amide bonds. The lowest BCUT2D eigenvalue weighted by atomic mass is 10.0. The molecular weight excluding hydrogens is 358 g/mol. The van der Waals surface area contributed by atoms with E-state index in [2.05, 4.69) is 29.0 Å². The van der Waals surface area contributed by atoms with E-state index in [1.54, 1.807) is 0 Å². The molecule has 1 aromatic carbocycles. The fourth-order valence-electron chi connectivity index (χ4n) is 3.25. The van der Waals surface area contributed by atoms with Gasteiger partial charge in [0.25, 0.3) is 0 Å². The number of thiazole rings is 1. The Hall–Kier alpha value is -1.92. The fourth-order valence-corrected chi connectivity index (χ4v) is 3.96. The molecule has 0 atom stereocenters. The SMILES string of the molecule is Cc1ccc(OCc2nc(CC(=O)NCC(C)(C)N3CCCC3)cs2)cc1. The van der Waals surface area contributed by atoms with Crippen LogP contribution in [-0.4, -0.2) is 41.0 Å². The molecule has 1 N–H and O–H groups in total. The minimum Gasteiger partial charge on any atom is -0.486 e. The molecular formula is C21H29N3O2S. The number of hydrogen-bond acceptors (Lipinski definition) is 5. The lowest BCUT2D eigenvalue weighted by molar-refractivity contribution is -0.121. The topological polar surface area (TPSA) is 54.5 Å². The van der Waals surface area contributed by atoms with E-state index in [9.17, 15) is 4.79 Å². The van der Waals surface area contributed by atoms with Gasteiger partial charge < -0.3 is 10.1 Å². The molecule has 1 aromatic heterocycles. The van der Waals surface area contributed by atoms with Gasteiger partial charge in [0.05, 0.1) is 12.1 Å². The Morgan fingerprint density at radius 3 is 2.67 bits per heavy atom. The first kappa shape index (κ1) is 19.8. The van der Waals surface area contributed by atoms with Gasteiger partial charge in [-0.05, 0) is 58.8 Å². The average molecular weight is 388 g/mol. The zero-order valence-corrected chi connectivity index (χ0v) is 17.3. The molecule has 1 aliphatic rings. The van der Waals surface area contributed by atoms with Crippen LogP contribution in [0.15, 0.2) is 29.6 Å². The van der Waals surface area contributed by atoms with Crippen LogP contribution in [0, 0.1) is 6.92 Å². The number of aryl methyl sites for hydroxylation is 1. The molecule has 0 unspecified atom stereocenters. The van der Waals surface area contributed by atoms with Gasteiger partial charge in [-0.15, -0.1) is 11.3 Å². The van der Waals surface area contributed by atoms with E-state index in [1.807, 2.05) is 36.6 Å². The van der Waals surface area contributed by atoms with Crippen LogP contribution in [0.4, 0.5) is 0 Å². The summed E-state index contributed by atoms with van der Waals surface area (Å²) in [6, 6.07) is 7.96. The van der Waals surface area contributed by atoms with Crippen LogP contribution < -0.4 is 10.1 Å². The summed E-state index contributed by atoms with van der Waals surface area (Å²) in [4.78, 5) is 19.3. The minimum atomic E-state index is 0.00126. The Morgan fingerprint density at radius 1 is 1.26 bits per heavy atom. The molecule has 146 valence electrons. The lowest BCUT2D eigenvalue weighted by Gasteiger charge is -2.35. The van der Waals surface area contributed by atoms with Crippen molar-refractivity contribution >= 4 is 17.2 Å². The normalized spacial score (nSPS) is 15.1. The molecule has 0 bridgehead atoms. The number of carbonyl (C=O) groups is 1. The molecule has 1 fully saturated rings. The third kappa shape index (κ3) is 5.78. The number of likely N-dealkylation sites (tertiary alicyclic amines) is 1. The number of rotatable bonds is 8. The maximum absolute atomic E-state index is 12.3. The van der Waals surface area contributed by atoms with Crippen LogP contribution in [0.5, 0.6) is 5.75 Å². The molecule has 0 radical (unpaired) electrons. The first-order valence-corrected chi connectivity index (χ1v) is 10.4. The van der Waals surface area contributed by atoms with Crippen molar-refractivity contribution < 1.29 is 9.53 Å². The Kier molecular flexibility index (Phi) is 6.50. The molecule has 2 aromatic rings. The second-order valence-corrected chi connectivity index (χ2v) is 8.74. The highest BCUT2D eigenvalue weighted by molar-refractivity contribution is 7.09. The molecule has 0 spiro atoms. The highest BCUT2D eigenvalue weighted by atomic mass is 32.1. The number of aromatic nitrogens is 1. The number of benzene rings is 1. The van der Waals surface area contributed by atoms with Gasteiger partial charge in [0.15, 0.2) is 0 Å². The van der Waals surface area contributed by atoms with Gasteiger partial charge in [-0.1, -0.05) is 17.7 Å². The van der Waals surface area contributed by atoms with Crippen molar-refractivity contribution in [2.75, 3.05) is 19.6 Å². The second-order valence-electron chi connectivity index (χ2n) is 7.79. The summed E-state index contributed by atoms with van der Waals surface area (Å²) in [7, 11) is 0. The van der Waals surface area contributed by atoms with E-state index in [4.69, 9.17) is 4.74 Å². The number of nitrogens with one attached hydrogen (secondary N) is 1. The lowest BCUT2D eigenvalue weighted by Crippen LogP contribution is -2.50. The van der Waals surface area contributed by atoms with Crippen LogP contribution >= 0.6 is 11.3 Å². The van der Waals surface area contributed by atoms with E-state index >= 15 is 0 Å². The molecule has 5 nitrogen and oxygen atoms in total. The Bertz CT molecular complexity index is 749. The van der Waals surface area contributed by atoms with Crippen LogP contribution in [0.3, 0.4) is 0 Å². The van der Waals surface area contributed by atoms with Crippen molar-refractivity contribution in [2.45, 2.75) is 52.2 Å². The summed E-state index contributed by atoms with van der Waals surface area (Å²) < 4.78 is 5.76.